The number of carbonyl (C=O) groups is 2. The van der Waals surface area contributed by atoms with Crippen LogP contribution in [0.25, 0.3) is 0 Å². The average Bonchev–Trinajstić information content (AvgIpc) is 2.35. The first-order valence-electron chi connectivity index (χ1n) is 5.51. The van der Waals surface area contributed by atoms with Crippen molar-refractivity contribution in [3.63, 3.8) is 0 Å². The van der Waals surface area contributed by atoms with Gasteiger partial charge in [-0.1, -0.05) is 21.9 Å². The Morgan fingerprint density at radius 1 is 1.53 bits per heavy atom. The van der Waals surface area contributed by atoms with Gasteiger partial charge in [0.15, 0.2) is 0 Å². The van der Waals surface area contributed by atoms with Crippen molar-refractivity contribution in [1.29, 1.82) is 0 Å². The highest BCUT2D eigenvalue weighted by Gasteiger charge is 2.15. The second-order valence-corrected chi connectivity index (χ2v) is 4.56. The fourth-order valence-corrected chi connectivity index (χ4v) is 1.80. The molecule has 2 amide bonds. The third kappa shape index (κ3) is 4.00. The van der Waals surface area contributed by atoms with E-state index < -0.39 is 12.0 Å². The van der Waals surface area contributed by atoms with Gasteiger partial charge in [0.05, 0.1) is 17.8 Å². The van der Waals surface area contributed by atoms with E-state index in [4.69, 9.17) is 11.5 Å². The van der Waals surface area contributed by atoms with E-state index in [1.165, 1.54) is 17.0 Å². The Bertz CT molecular complexity index is 537. The van der Waals surface area contributed by atoms with Gasteiger partial charge in [-0.05, 0) is 25.1 Å². The van der Waals surface area contributed by atoms with E-state index in [0.29, 0.717) is 11.0 Å². The first-order chi connectivity index (χ1) is 8.99. The van der Waals surface area contributed by atoms with Gasteiger partial charge in [-0.15, -0.1) is 6.42 Å². The Morgan fingerprint density at radius 3 is 2.74 bits per heavy atom. The van der Waals surface area contributed by atoms with Crippen molar-refractivity contribution < 1.29 is 14.7 Å². The molecular formula is C13H13BrN2O3. The molecule has 5 nitrogen and oxygen atoms in total. The number of carbonyl (C=O) groups excluding carboxylic acids is 1. The Balaban J connectivity index is 2.98. The average molecular weight is 325 g/mol. The molecule has 0 spiro atoms. The highest BCUT2D eigenvalue weighted by Crippen LogP contribution is 2.22. The summed E-state index contributed by atoms with van der Waals surface area (Å²) in [4.78, 5) is 24.4. The molecule has 19 heavy (non-hydrogen) atoms. The summed E-state index contributed by atoms with van der Waals surface area (Å²) in [6.45, 7) is 2.39. The van der Waals surface area contributed by atoms with Crippen molar-refractivity contribution in [3.8, 4) is 12.3 Å². The van der Waals surface area contributed by atoms with Crippen LogP contribution in [0.4, 0.5) is 10.5 Å². The third-order valence-electron chi connectivity index (χ3n) is 2.40. The van der Waals surface area contributed by atoms with E-state index in [2.05, 4.69) is 27.2 Å². The molecule has 0 unspecified atom stereocenters. The molecular weight excluding hydrogens is 312 g/mol. The fraction of sp³-hybridized carbons (Fsp3) is 0.231. The quantitative estimate of drug-likeness (QED) is 0.836. The lowest BCUT2D eigenvalue weighted by Crippen LogP contribution is -2.35. The molecule has 1 aromatic carbocycles. The minimum Gasteiger partial charge on any atom is -0.478 e. The number of aromatic carboxylic acids is 1. The summed E-state index contributed by atoms with van der Waals surface area (Å²) in [5.41, 5.74) is 0.246. The van der Waals surface area contributed by atoms with Gasteiger partial charge in [-0.3, -0.25) is 0 Å². The van der Waals surface area contributed by atoms with Gasteiger partial charge in [0.2, 0.25) is 0 Å². The minimum absolute atomic E-state index is 0.0216. The third-order valence-corrected chi connectivity index (χ3v) is 2.90. The summed E-state index contributed by atoms with van der Waals surface area (Å²) in [6.07, 6.45) is 5.17. The van der Waals surface area contributed by atoms with Gasteiger partial charge in [0, 0.05) is 11.0 Å². The number of rotatable bonds is 4. The van der Waals surface area contributed by atoms with Gasteiger partial charge in [0.25, 0.3) is 0 Å². The van der Waals surface area contributed by atoms with Crippen LogP contribution >= 0.6 is 15.9 Å². The van der Waals surface area contributed by atoms with E-state index in [0.717, 1.165) is 0 Å². The van der Waals surface area contributed by atoms with Crippen LogP contribution in [0.3, 0.4) is 0 Å². The highest BCUT2D eigenvalue weighted by atomic mass is 79.9. The Morgan fingerprint density at radius 2 is 2.21 bits per heavy atom. The summed E-state index contributed by atoms with van der Waals surface area (Å²) >= 11 is 3.23. The molecule has 0 heterocycles. The molecule has 0 atom stereocenters. The maximum absolute atomic E-state index is 11.9. The van der Waals surface area contributed by atoms with Crippen LogP contribution in [0, 0.1) is 12.3 Å². The number of carboxylic acids is 1. The second kappa shape index (κ2) is 6.81. The number of terminal acetylenes is 1. The molecule has 0 radical (unpaired) electrons. The lowest BCUT2D eigenvalue weighted by atomic mass is 10.2. The zero-order chi connectivity index (χ0) is 14.4. The van der Waals surface area contributed by atoms with Gasteiger partial charge in [0.1, 0.15) is 0 Å². The van der Waals surface area contributed by atoms with Crippen LogP contribution in [0.15, 0.2) is 22.7 Å². The van der Waals surface area contributed by atoms with Crippen molar-refractivity contribution in [2.24, 2.45) is 0 Å². The monoisotopic (exact) mass is 324 g/mol. The highest BCUT2D eigenvalue weighted by molar-refractivity contribution is 9.10. The number of urea groups is 1. The van der Waals surface area contributed by atoms with Crippen LogP contribution in [0.2, 0.25) is 0 Å². The van der Waals surface area contributed by atoms with E-state index in [-0.39, 0.29) is 17.8 Å². The second-order valence-electron chi connectivity index (χ2n) is 3.64. The maximum Gasteiger partial charge on any atom is 0.337 e. The van der Waals surface area contributed by atoms with E-state index in [1.807, 2.05) is 0 Å². The number of anilines is 1. The minimum atomic E-state index is -1.11. The van der Waals surface area contributed by atoms with Crippen molar-refractivity contribution in [2.45, 2.75) is 6.92 Å². The largest absolute Gasteiger partial charge is 0.478 e. The van der Waals surface area contributed by atoms with E-state index in [9.17, 15) is 9.59 Å². The first-order valence-corrected chi connectivity index (χ1v) is 6.31. The summed E-state index contributed by atoms with van der Waals surface area (Å²) < 4.78 is 0.674. The van der Waals surface area contributed by atoms with Crippen LogP contribution in [0.5, 0.6) is 0 Å². The van der Waals surface area contributed by atoms with Crippen molar-refractivity contribution in [2.75, 3.05) is 18.4 Å². The number of halogens is 1. The zero-order valence-corrected chi connectivity index (χ0v) is 11.9. The van der Waals surface area contributed by atoms with Gasteiger partial charge in [-0.25, -0.2) is 9.59 Å². The number of nitrogens with zero attached hydrogens (tertiary/aromatic N) is 1. The number of carboxylic acid groups (broad SMARTS) is 1. The molecule has 2 N–H and O–H groups in total. The predicted molar refractivity (Wildman–Crippen MR) is 76.2 cm³/mol. The number of amides is 2. The smallest absolute Gasteiger partial charge is 0.337 e. The summed E-state index contributed by atoms with van der Waals surface area (Å²) in [6, 6.07) is 4.11. The van der Waals surface area contributed by atoms with Crippen LogP contribution in [-0.2, 0) is 0 Å². The molecule has 0 aliphatic carbocycles. The molecule has 0 bridgehead atoms. The SMILES string of the molecule is C#CCN(CC)C(=O)Nc1cc(Br)ccc1C(=O)O. The lowest BCUT2D eigenvalue weighted by molar-refractivity contribution is 0.0698. The number of nitrogens with one attached hydrogen (secondary N) is 1. The predicted octanol–water partition coefficient (Wildman–Crippen LogP) is 2.63. The lowest BCUT2D eigenvalue weighted by Gasteiger charge is -2.19. The van der Waals surface area contributed by atoms with Crippen LogP contribution in [0.1, 0.15) is 17.3 Å². The van der Waals surface area contributed by atoms with Gasteiger partial charge >= 0.3 is 12.0 Å². The molecule has 6 heteroatoms. The van der Waals surface area contributed by atoms with Crippen molar-refractivity contribution >= 4 is 33.6 Å². The Labute approximate surface area is 119 Å². The number of hydrogen-bond acceptors (Lipinski definition) is 2. The van der Waals surface area contributed by atoms with Crippen molar-refractivity contribution in [3.05, 3.63) is 28.2 Å². The van der Waals surface area contributed by atoms with E-state index in [1.54, 1.807) is 13.0 Å². The number of benzene rings is 1. The van der Waals surface area contributed by atoms with Gasteiger partial charge in [-0.2, -0.15) is 0 Å². The molecule has 0 aliphatic rings. The molecule has 0 saturated heterocycles. The van der Waals surface area contributed by atoms with Crippen LogP contribution < -0.4 is 5.32 Å². The molecule has 1 rings (SSSR count). The summed E-state index contributed by atoms with van der Waals surface area (Å²) in [5.74, 6) is 1.27. The Kier molecular flexibility index (Phi) is 5.39. The molecule has 0 aromatic heterocycles. The van der Waals surface area contributed by atoms with Crippen molar-refractivity contribution in [1.82, 2.24) is 4.90 Å². The maximum atomic E-state index is 11.9. The first kappa shape index (κ1) is 15.1. The normalized spacial score (nSPS) is 9.53. The molecule has 0 fully saturated rings. The van der Waals surface area contributed by atoms with E-state index >= 15 is 0 Å². The topological polar surface area (TPSA) is 69.6 Å². The van der Waals surface area contributed by atoms with Gasteiger partial charge < -0.3 is 15.3 Å². The number of hydrogen-bond donors (Lipinski definition) is 2. The Hall–Kier alpha value is -2.00. The molecule has 100 valence electrons. The van der Waals surface area contributed by atoms with Crippen LogP contribution in [-0.4, -0.2) is 35.1 Å². The standard InChI is InChI=1S/C13H13BrN2O3/c1-3-7-16(4-2)13(19)15-11-8-9(14)5-6-10(11)12(17)18/h1,5-6,8H,4,7H2,2H3,(H,15,19)(H,17,18). The zero-order valence-electron chi connectivity index (χ0n) is 10.3. The summed E-state index contributed by atoms with van der Waals surface area (Å²) in [5, 5.41) is 11.6. The molecule has 0 saturated carbocycles. The summed E-state index contributed by atoms with van der Waals surface area (Å²) in [7, 11) is 0. The molecule has 0 aliphatic heterocycles. The molecule has 1 aromatic rings. The fourth-order valence-electron chi connectivity index (χ4n) is 1.44.